The second kappa shape index (κ2) is 10.5. The van der Waals surface area contributed by atoms with Crippen LogP contribution in [0.2, 0.25) is 5.02 Å². The largest absolute Gasteiger partial charge is 0.498 e. The molecular formula is C27H26ClN2O2+. The first-order valence-electron chi connectivity index (χ1n) is 10.9. The highest BCUT2D eigenvalue weighted by molar-refractivity contribution is 6.30. The van der Waals surface area contributed by atoms with Gasteiger partial charge in [0, 0.05) is 29.7 Å². The molecule has 4 nitrogen and oxygen atoms in total. The van der Waals surface area contributed by atoms with Gasteiger partial charge in [-0.25, -0.2) is 4.98 Å². The molecule has 0 radical (unpaired) electrons. The number of hydrogen-bond acceptors (Lipinski definition) is 2. The predicted molar refractivity (Wildman–Crippen MR) is 129 cm³/mol. The zero-order valence-corrected chi connectivity index (χ0v) is 18.6. The highest BCUT2D eigenvalue weighted by atomic mass is 35.5. The maximum atomic E-state index is 9.43. The Bertz CT molecular complexity index is 1110. The number of carboxylic acid groups (broad SMARTS) is 1. The monoisotopic (exact) mass is 445 g/mol. The summed E-state index contributed by atoms with van der Waals surface area (Å²) in [5.74, 6) is 5.89. The van der Waals surface area contributed by atoms with Gasteiger partial charge in [-0.15, -0.1) is 0 Å². The molecule has 0 saturated carbocycles. The van der Waals surface area contributed by atoms with Crippen LogP contribution in [0.25, 0.3) is 11.1 Å². The van der Waals surface area contributed by atoms with E-state index in [0.717, 1.165) is 60.6 Å². The first-order valence-corrected chi connectivity index (χ1v) is 11.2. The fourth-order valence-electron chi connectivity index (χ4n) is 3.99. The van der Waals surface area contributed by atoms with Crippen LogP contribution in [0.5, 0.6) is 0 Å². The van der Waals surface area contributed by atoms with Crippen LogP contribution in [0, 0.1) is 11.8 Å². The fourth-order valence-corrected chi connectivity index (χ4v) is 4.12. The molecule has 5 heteroatoms. The standard InChI is InChI=1S/C27H25ClN2O2/c28-24-14-11-22(12-15-24)23-13-16-25(29-18-23)5-2-1-4-20-7-9-21(10-8-20)19-30-17-3-6-26(30)27(31)32/h7-16,18,26H,1,3-4,6,17,19H2,(H,31,32)/p+1. The Balaban J connectivity index is 1.28. The molecule has 2 N–H and O–H groups in total. The summed E-state index contributed by atoms with van der Waals surface area (Å²) in [5, 5.41) is 10.2. The normalized spacial score (nSPS) is 15.8. The van der Waals surface area contributed by atoms with Crippen molar-refractivity contribution in [2.75, 3.05) is 6.54 Å². The Labute approximate surface area is 193 Å². The van der Waals surface area contributed by atoms with E-state index in [9.17, 15) is 9.90 Å². The van der Waals surface area contributed by atoms with Gasteiger partial charge in [0.2, 0.25) is 0 Å². The third-order valence-electron chi connectivity index (χ3n) is 5.77. The number of aromatic nitrogens is 1. The number of rotatable bonds is 6. The van der Waals surface area contributed by atoms with Gasteiger partial charge in [0.25, 0.3) is 0 Å². The van der Waals surface area contributed by atoms with Crippen molar-refractivity contribution >= 4 is 17.6 Å². The lowest BCUT2D eigenvalue weighted by atomic mass is 10.1. The van der Waals surface area contributed by atoms with Gasteiger partial charge in [0.05, 0.1) is 0 Å². The molecule has 2 aromatic carbocycles. The summed E-state index contributed by atoms with van der Waals surface area (Å²) in [6.45, 7) is 1.62. The van der Waals surface area contributed by atoms with Crippen LogP contribution in [-0.2, 0) is 13.0 Å². The number of benzene rings is 2. The predicted octanol–water partition coefficient (Wildman–Crippen LogP) is 5.41. The van der Waals surface area contributed by atoms with Crippen LogP contribution in [0.3, 0.4) is 0 Å². The maximum Gasteiger partial charge on any atom is 0.498 e. The van der Waals surface area contributed by atoms with Crippen molar-refractivity contribution in [3.05, 3.63) is 88.7 Å². The summed E-state index contributed by atoms with van der Waals surface area (Å²) >= 11 is 5.94. The van der Waals surface area contributed by atoms with E-state index in [4.69, 9.17) is 11.6 Å². The molecule has 32 heavy (non-hydrogen) atoms. The lowest BCUT2D eigenvalue weighted by Gasteiger charge is -2.18. The second-order valence-electron chi connectivity index (χ2n) is 8.04. The smallest absolute Gasteiger partial charge is 0.338 e. The topological polar surface area (TPSA) is 57.8 Å². The number of aliphatic hydroxyl groups excluding tert-OH is 1. The van der Waals surface area contributed by atoms with Gasteiger partial charge in [0.1, 0.15) is 5.69 Å². The molecule has 2 heterocycles. The van der Waals surface area contributed by atoms with Crippen molar-refractivity contribution < 1.29 is 9.90 Å². The summed E-state index contributed by atoms with van der Waals surface area (Å²) in [7, 11) is 0. The Morgan fingerprint density at radius 2 is 1.75 bits per heavy atom. The number of nitrogens with zero attached hydrogens (tertiary/aromatic N) is 2. The van der Waals surface area contributed by atoms with Gasteiger partial charge < -0.3 is 9.90 Å². The van der Waals surface area contributed by atoms with Gasteiger partial charge >= 0.3 is 5.97 Å². The van der Waals surface area contributed by atoms with Crippen molar-refractivity contribution in [1.29, 1.82) is 0 Å². The zero-order valence-electron chi connectivity index (χ0n) is 17.8. The maximum absolute atomic E-state index is 9.43. The van der Waals surface area contributed by atoms with Crippen LogP contribution >= 0.6 is 11.6 Å². The van der Waals surface area contributed by atoms with E-state index >= 15 is 0 Å². The van der Waals surface area contributed by atoms with Gasteiger partial charge in [-0.3, -0.25) is 4.90 Å². The van der Waals surface area contributed by atoms with Crippen LogP contribution in [-0.4, -0.2) is 38.3 Å². The number of carboxylic acids is 1. The van der Waals surface area contributed by atoms with Crippen molar-refractivity contribution in [3.8, 4) is 23.0 Å². The van der Waals surface area contributed by atoms with Crippen molar-refractivity contribution in [2.45, 2.75) is 38.3 Å². The molecule has 0 spiro atoms. The summed E-state index contributed by atoms with van der Waals surface area (Å²) in [6, 6.07) is 19.9. The van der Waals surface area contributed by atoms with Crippen molar-refractivity contribution in [2.24, 2.45) is 0 Å². The van der Waals surface area contributed by atoms with Gasteiger partial charge in [-0.1, -0.05) is 60.0 Å². The molecule has 1 atom stereocenters. The average Bonchev–Trinajstić information content (AvgIpc) is 3.27. The summed E-state index contributed by atoms with van der Waals surface area (Å²) in [6.07, 6.45) is 5.28. The first kappa shape index (κ1) is 22.1. The molecule has 0 bridgehead atoms. The number of aliphatic carboxylic acids is 1. The van der Waals surface area contributed by atoms with E-state index < -0.39 is 5.97 Å². The molecule has 0 aliphatic carbocycles. The number of aryl methyl sites for hydroxylation is 1. The number of likely N-dealkylation sites (tertiary alicyclic amines) is 1. The molecule has 0 amide bonds. The van der Waals surface area contributed by atoms with Gasteiger partial charge in [-0.2, -0.15) is 0 Å². The van der Waals surface area contributed by atoms with E-state index in [1.54, 1.807) is 0 Å². The Kier molecular flexibility index (Phi) is 7.21. The molecule has 1 saturated heterocycles. The first-order chi connectivity index (χ1) is 15.6. The van der Waals surface area contributed by atoms with Crippen LogP contribution < -0.4 is 0 Å². The summed E-state index contributed by atoms with van der Waals surface area (Å²) < 4.78 is 0. The van der Waals surface area contributed by atoms with E-state index in [0.29, 0.717) is 0 Å². The number of pyridine rings is 1. The minimum atomic E-state index is -0.466. The summed E-state index contributed by atoms with van der Waals surface area (Å²) in [4.78, 5) is 16.0. The fraction of sp³-hybridized carbons (Fsp3) is 0.259. The third kappa shape index (κ3) is 5.76. The molecule has 1 fully saturated rings. The van der Waals surface area contributed by atoms with E-state index in [2.05, 4.69) is 46.0 Å². The summed E-state index contributed by atoms with van der Waals surface area (Å²) in [5.41, 5.74) is 5.31. The van der Waals surface area contributed by atoms with E-state index in [1.807, 2.05) is 42.6 Å². The quantitative estimate of drug-likeness (QED) is 0.407. The SMILES string of the molecule is OC(=[OH+])C1CCCN1Cc1ccc(CCC#Cc2ccc(-c3ccc(Cl)cc3)cn2)cc1. The third-order valence-corrected chi connectivity index (χ3v) is 6.02. The Morgan fingerprint density at radius 1 is 1.03 bits per heavy atom. The second-order valence-corrected chi connectivity index (χ2v) is 8.48. The molecule has 1 aliphatic rings. The number of halogens is 1. The molecule has 3 aromatic rings. The molecule has 4 rings (SSSR count). The molecule has 1 unspecified atom stereocenters. The van der Waals surface area contributed by atoms with Crippen molar-refractivity contribution in [1.82, 2.24) is 9.88 Å². The lowest BCUT2D eigenvalue weighted by Crippen LogP contribution is -2.35. The van der Waals surface area contributed by atoms with Crippen molar-refractivity contribution in [3.63, 3.8) is 0 Å². The molecule has 1 aromatic heterocycles. The minimum Gasteiger partial charge on any atom is -0.338 e. The van der Waals surface area contributed by atoms with Gasteiger partial charge in [0.15, 0.2) is 6.04 Å². The minimum absolute atomic E-state index is 0.237. The number of hydrogen-bond donors (Lipinski definition) is 1. The zero-order chi connectivity index (χ0) is 22.3. The highest BCUT2D eigenvalue weighted by Gasteiger charge is 2.34. The average molecular weight is 446 g/mol. The molecule has 1 aliphatic heterocycles. The molecule has 162 valence electrons. The van der Waals surface area contributed by atoms with Crippen LogP contribution in [0.15, 0.2) is 66.9 Å². The van der Waals surface area contributed by atoms with Crippen LogP contribution in [0.1, 0.15) is 36.1 Å². The van der Waals surface area contributed by atoms with Gasteiger partial charge in [-0.05, 0) is 66.6 Å². The Morgan fingerprint density at radius 3 is 2.44 bits per heavy atom. The van der Waals surface area contributed by atoms with Crippen LogP contribution in [0.4, 0.5) is 0 Å². The van der Waals surface area contributed by atoms with E-state index in [1.165, 1.54) is 11.1 Å². The Hall–Kier alpha value is -3.13. The lowest BCUT2D eigenvalue weighted by molar-refractivity contribution is 0.255. The highest BCUT2D eigenvalue weighted by Crippen LogP contribution is 2.21. The molecular weight excluding hydrogens is 420 g/mol. The van der Waals surface area contributed by atoms with E-state index in [-0.39, 0.29) is 6.04 Å².